The lowest BCUT2D eigenvalue weighted by molar-refractivity contribution is 0.143. The van der Waals surface area contributed by atoms with Gasteiger partial charge in [-0.05, 0) is 32.6 Å². The van der Waals surface area contributed by atoms with Crippen molar-refractivity contribution < 1.29 is 9.26 Å². The van der Waals surface area contributed by atoms with Gasteiger partial charge in [-0.1, -0.05) is 19.0 Å². The molecule has 0 bridgehead atoms. The summed E-state index contributed by atoms with van der Waals surface area (Å²) in [6, 6.07) is 1.97. The van der Waals surface area contributed by atoms with Gasteiger partial charge in [-0.15, -0.1) is 24.0 Å². The first-order chi connectivity index (χ1) is 10.7. The number of aromatic nitrogens is 1. The smallest absolute Gasteiger partial charge is 0.191 e. The van der Waals surface area contributed by atoms with Crippen LogP contribution in [0.1, 0.15) is 57.9 Å². The number of halogens is 1. The van der Waals surface area contributed by atoms with Crippen molar-refractivity contribution in [2.75, 3.05) is 26.3 Å². The quantitative estimate of drug-likeness (QED) is 0.254. The van der Waals surface area contributed by atoms with Gasteiger partial charge in [0.25, 0.3) is 0 Å². The summed E-state index contributed by atoms with van der Waals surface area (Å²) < 4.78 is 10.6. The van der Waals surface area contributed by atoms with E-state index < -0.39 is 0 Å². The molecule has 0 unspecified atom stereocenters. The predicted molar refractivity (Wildman–Crippen MR) is 105 cm³/mol. The van der Waals surface area contributed by atoms with Gasteiger partial charge in [0, 0.05) is 32.4 Å². The van der Waals surface area contributed by atoms with Crippen LogP contribution in [0.2, 0.25) is 0 Å². The number of nitrogens with one attached hydrogen (secondary N) is 2. The fourth-order valence-corrected chi connectivity index (χ4v) is 1.85. The average molecular weight is 438 g/mol. The standard InChI is InChI=1S/C16H30N4O2.HI/c1-5-17-16(18-9-7-8-10-21-6-2)19-12-14-11-15(13(3)4)20-22-14;/h11,13H,5-10,12H2,1-4H3,(H2,17,18,19);1H. The number of rotatable bonds is 10. The molecule has 1 aromatic rings. The fraction of sp³-hybridized carbons (Fsp3) is 0.750. The number of hydrogen-bond acceptors (Lipinski definition) is 4. The first-order valence-corrected chi connectivity index (χ1v) is 8.22. The summed E-state index contributed by atoms with van der Waals surface area (Å²) in [5.74, 6) is 1.97. The Morgan fingerprint density at radius 3 is 2.70 bits per heavy atom. The molecule has 6 nitrogen and oxygen atoms in total. The minimum atomic E-state index is 0. The zero-order chi connectivity index (χ0) is 16.2. The summed E-state index contributed by atoms with van der Waals surface area (Å²) in [6.45, 7) is 12.1. The molecule has 0 spiro atoms. The lowest BCUT2D eigenvalue weighted by Crippen LogP contribution is -2.37. The Hall–Kier alpha value is -0.830. The molecule has 0 fully saturated rings. The van der Waals surface area contributed by atoms with Crippen LogP contribution in [0, 0.1) is 0 Å². The maximum absolute atomic E-state index is 5.32. The molecule has 7 heteroatoms. The number of unbranched alkanes of at least 4 members (excludes halogenated alkanes) is 1. The first-order valence-electron chi connectivity index (χ1n) is 8.22. The van der Waals surface area contributed by atoms with Crippen LogP contribution in [0.4, 0.5) is 0 Å². The van der Waals surface area contributed by atoms with Gasteiger partial charge >= 0.3 is 0 Å². The summed E-state index contributed by atoms with van der Waals surface area (Å²) in [4.78, 5) is 4.52. The normalized spacial score (nSPS) is 11.4. The Bertz CT molecular complexity index is 435. The van der Waals surface area contributed by atoms with Gasteiger partial charge in [0.2, 0.25) is 0 Å². The Balaban J connectivity index is 0.00000484. The third kappa shape index (κ3) is 9.80. The minimum Gasteiger partial charge on any atom is -0.382 e. The van der Waals surface area contributed by atoms with Crippen molar-refractivity contribution in [1.29, 1.82) is 0 Å². The molecule has 0 saturated heterocycles. The Kier molecular flexibility index (Phi) is 13.1. The minimum absolute atomic E-state index is 0. The van der Waals surface area contributed by atoms with E-state index in [0.29, 0.717) is 12.5 Å². The van der Waals surface area contributed by atoms with Crippen molar-refractivity contribution >= 4 is 29.9 Å². The second-order valence-corrected chi connectivity index (χ2v) is 5.40. The summed E-state index contributed by atoms with van der Waals surface area (Å²) in [5.41, 5.74) is 0.971. The maximum Gasteiger partial charge on any atom is 0.191 e. The highest BCUT2D eigenvalue weighted by Crippen LogP contribution is 2.14. The summed E-state index contributed by atoms with van der Waals surface area (Å²) in [6.07, 6.45) is 2.12. The summed E-state index contributed by atoms with van der Waals surface area (Å²) >= 11 is 0. The molecule has 2 N–H and O–H groups in total. The van der Waals surface area contributed by atoms with E-state index in [2.05, 4.69) is 41.6 Å². The van der Waals surface area contributed by atoms with E-state index in [9.17, 15) is 0 Å². The second kappa shape index (κ2) is 13.6. The van der Waals surface area contributed by atoms with Gasteiger partial charge in [-0.2, -0.15) is 0 Å². The topological polar surface area (TPSA) is 71.7 Å². The molecule has 1 rings (SSSR count). The summed E-state index contributed by atoms with van der Waals surface area (Å²) in [7, 11) is 0. The number of nitrogens with zero attached hydrogens (tertiary/aromatic N) is 2. The molecule has 134 valence electrons. The van der Waals surface area contributed by atoms with E-state index >= 15 is 0 Å². The molecule has 0 aliphatic carbocycles. The van der Waals surface area contributed by atoms with E-state index in [4.69, 9.17) is 9.26 Å². The van der Waals surface area contributed by atoms with E-state index in [1.165, 1.54) is 0 Å². The van der Waals surface area contributed by atoms with Gasteiger partial charge in [-0.3, -0.25) is 0 Å². The number of ether oxygens (including phenoxy) is 1. The average Bonchev–Trinajstić information content (AvgIpc) is 2.97. The lowest BCUT2D eigenvalue weighted by Gasteiger charge is -2.10. The van der Waals surface area contributed by atoms with E-state index in [-0.39, 0.29) is 24.0 Å². The maximum atomic E-state index is 5.32. The molecule has 0 saturated carbocycles. The lowest BCUT2D eigenvalue weighted by atomic mass is 10.1. The van der Waals surface area contributed by atoms with Crippen LogP contribution in [-0.2, 0) is 11.3 Å². The highest BCUT2D eigenvalue weighted by molar-refractivity contribution is 14.0. The predicted octanol–water partition coefficient (Wildman–Crippen LogP) is 3.29. The van der Waals surface area contributed by atoms with Gasteiger partial charge < -0.3 is 19.9 Å². The molecular weight excluding hydrogens is 407 g/mol. The third-order valence-electron chi connectivity index (χ3n) is 3.12. The van der Waals surface area contributed by atoms with Crippen LogP contribution >= 0.6 is 24.0 Å². The van der Waals surface area contributed by atoms with E-state index in [1.807, 2.05) is 13.0 Å². The van der Waals surface area contributed by atoms with Crippen LogP contribution < -0.4 is 10.6 Å². The van der Waals surface area contributed by atoms with Crippen molar-refractivity contribution in [2.24, 2.45) is 4.99 Å². The Labute approximate surface area is 156 Å². The molecule has 0 aliphatic heterocycles. The van der Waals surface area contributed by atoms with Gasteiger partial charge in [0.05, 0.1) is 5.69 Å². The van der Waals surface area contributed by atoms with Gasteiger partial charge in [0.15, 0.2) is 11.7 Å². The molecule has 0 aliphatic rings. The molecule has 0 radical (unpaired) electrons. The van der Waals surface area contributed by atoms with Crippen LogP contribution in [0.5, 0.6) is 0 Å². The largest absolute Gasteiger partial charge is 0.382 e. The van der Waals surface area contributed by atoms with Crippen molar-refractivity contribution in [3.8, 4) is 0 Å². The molecule has 1 heterocycles. The third-order valence-corrected chi connectivity index (χ3v) is 3.12. The first kappa shape index (κ1) is 22.2. The van der Waals surface area contributed by atoms with Crippen LogP contribution in [0.25, 0.3) is 0 Å². The number of aliphatic imine (C=N–C) groups is 1. The molecule has 0 atom stereocenters. The zero-order valence-corrected chi connectivity index (χ0v) is 17.1. The van der Waals surface area contributed by atoms with E-state index in [1.54, 1.807) is 0 Å². The molecule has 0 amide bonds. The van der Waals surface area contributed by atoms with Crippen molar-refractivity contribution in [3.05, 3.63) is 17.5 Å². The SMILES string of the molecule is CCNC(=NCc1cc(C(C)C)no1)NCCCCOCC.I. The summed E-state index contributed by atoms with van der Waals surface area (Å²) in [5, 5.41) is 10.6. The highest BCUT2D eigenvalue weighted by Gasteiger charge is 2.07. The molecule has 1 aromatic heterocycles. The van der Waals surface area contributed by atoms with Crippen LogP contribution in [0.15, 0.2) is 15.6 Å². The van der Waals surface area contributed by atoms with Crippen LogP contribution in [0.3, 0.4) is 0 Å². The second-order valence-electron chi connectivity index (χ2n) is 5.40. The zero-order valence-electron chi connectivity index (χ0n) is 14.7. The highest BCUT2D eigenvalue weighted by atomic mass is 127. The molecular formula is C16H31IN4O2. The van der Waals surface area contributed by atoms with E-state index in [0.717, 1.165) is 56.6 Å². The van der Waals surface area contributed by atoms with Crippen molar-refractivity contribution in [1.82, 2.24) is 15.8 Å². The van der Waals surface area contributed by atoms with Crippen molar-refractivity contribution in [3.63, 3.8) is 0 Å². The number of guanidine groups is 1. The molecule has 23 heavy (non-hydrogen) atoms. The van der Waals surface area contributed by atoms with Crippen LogP contribution in [-0.4, -0.2) is 37.4 Å². The fourth-order valence-electron chi connectivity index (χ4n) is 1.85. The Morgan fingerprint density at radius 1 is 1.30 bits per heavy atom. The monoisotopic (exact) mass is 438 g/mol. The Morgan fingerprint density at radius 2 is 2.09 bits per heavy atom. The molecule has 0 aromatic carbocycles. The van der Waals surface area contributed by atoms with Gasteiger partial charge in [0.1, 0.15) is 6.54 Å². The van der Waals surface area contributed by atoms with Crippen molar-refractivity contribution in [2.45, 2.75) is 53.0 Å². The number of hydrogen-bond donors (Lipinski definition) is 2. The van der Waals surface area contributed by atoms with Gasteiger partial charge in [-0.25, -0.2) is 4.99 Å².